The average molecular weight is 265 g/mol. The van der Waals surface area contributed by atoms with E-state index in [-0.39, 0.29) is 5.60 Å². The molecule has 0 aromatic carbocycles. The van der Waals surface area contributed by atoms with Crippen molar-refractivity contribution in [1.82, 2.24) is 9.55 Å². The summed E-state index contributed by atoms with van der Waals surface area (Å²) in [7, 11) is 1.74. The van der Waals surface area contributed by atoms with Crippen LogP contribution in [0.4, 0.5) is 5.82 Å². The number of ether oxygens (including phenoxy) is 1. The molecule has 0 spiro atoms. The molecule has 1 heterocycles. The molecule has 0 bridgehead atoms. The van der Waals surface area contributed by atoms with Crippen molar-refractivity contribution < 1.29 is 4.74 Å². The third-order valence-electron chi connectivity index (χ3n) is 4.29. The van der Waals surface area contributed by atoms with Crippen molar-refractivity contribution in [3.63, 3.8) is 0 Å². The molecule has 1 saturated carbocycles. The van der Waals surface area contributed by atoms with Crippen LogP contribution in [-0.2, 0) is 17.7 Å². The summed E-state index contributed by atoms with van der Waals surface area (Å²) in [5.74, 6) is 2.62. The molecule has 108 valence electrons. The minimum atomic E-state index is -0.214. The Balaban J connectivity index is 2.30. The lowest BCUT2D eigenvalue weighted by molar-refractivity contribution is 0.0226. The number of methoxy groups -OCH3 is 1. The van der Waals surface area contributed by atoms with Gasteiger partial charge in [0.25, 0.3) is 0 Å². The highest BCUT2D eigenvalue weighted by molar-refractivity contribution is 5.40. The summed E-state index contributed by atoms with van der Waals surface area (Å²) in [6.07, 6.45) is 5.91. The number of nitrogen functional groups attached to an aromatic ring is 1. The van der Waals surface area contributed by atoms with E-state index in [1.54, 1.807) is 7.11 Å². The summed E-state index contributed by atoms with van der Waals surface area (Å²) >= 11 is 0. The number of anilines is 1. The first kappa shape index (κ1) is 14.4. The number of rotatable bonds is 5. The number of nitrogens with zero attached hydrogens (tertiary/aromatic N) is 2. The Morgan fingerprint density at radius 1 is 1.37 bits per heavy atom. The molecule has 4 heteroatoms. The Hall–Kier alpha value is -1.03. The zero-order valence-corrected chi connectivity index (χ0v) is 12.7. The topological polar surface area (TPSA) is 53.1 Å². The summed E-state index contributed by atoms with van der Waals surface area (Å²) in [5, 5.41) is 0. The van der Waals surface area contributed by atoms with Gasteiger partial charge >= 0.3 is 0 Å². The normalized spacial score (nSPS) is 17.3. The summed E-state index contributed by atoms with van der Waals surface area (Å²) in [6, 6.07) is 0. The molecule has 0 atom stereocenters. The van der Waals surface area contributed by atoms with Gasteiger partial charge in [-0.05, 0) is 33.6 Å². The van der Waals surface area contributed by atoms with E-state index in [0.29, 0.717) is 5.92 Å². The summed E-state index contributed by atoms with van der Waals surface area (Å²) in [5.41, 5.74) is 7.07. The van der Waals surface area contributed by atoms with Gasteiger partial charge in [-0.25, -0.2) is 4.98 Å². The third-order valence-corrected chi connectivity index (χ3v) is 4.29. The zero-order chi connectivity index (χ0) is 14.0. The Kier molecular flexibility index (Phi) is 4.19. The molecule has 2 N–H and O–H groups in total. The molecule has 1 aliphatic rings. The predicted molar refractivity (Wildman–Crippen MR) is 78.3 cm³/mol. The second-order valence-electron chi connectivity index (χ2n) is 6.17. The fraction of sp³-hybridized carbons (Fsp3) is 0.800. The first-order valence-electron chi connectivity index (χ1n) is 7.38. The molecule has 2 rings (SSSR count). The van der Waals surface area contributed by atoms with Crippen LogP contribution >= 0.6 is 0 Å². The highest BCUT2D eigenvalue weighted by atomic mass is 16.5. The van der Waals surface area contributed by atoms with Crippen LogP contribution < -0.4 is 5.73 Å². The third kappa shape index (κ3) is 2.94. The van der Waals surface area contributed by atoms with E-state index in [4.69, 9.17) is 15.5 Å². The molecule has 1 aromatic rings. The summed E-state index contributed by atoms with van der Waals surface area (Å²) < 4.78 is 7.69. The van der Waals surface area contributed by atoms with Crippen LogP contribution in [0.3, 0.4) is 0 Å². The lowest BCUT2D eigenvalue weighted by Gasteiger charge is -2.21. The van der Waals surface area contributed by atoms with Crippen LogP contribution in [0.5, 0.6) is 0 Å². The molecular weight excluding hydrogens is 238 g/mol. The first-order chi connectivity index (χ1) is 8.98. The smallest absolute Gasteiger partial charge is 0.126 e. The Labute approximate surface area is 116 Å². The lowest BCUT2D eigenvalue weighted by Crippen LogP contribution is -2.26. The molecule has 19 heavy (non-hydrogen) atoms. The fourth-order valence-corrected chi connectivity index (χ4v) is 2.97. The van der Waals surface area contributed by atoms with Crippen LogP contribution in [-0.4, -0.2) is 22.3 Å². The van der Waals surface area contributed by atoms with Gasteiger partial charge in [0, 0.05) is 26.0 Å². The standard InChI is InChI=1S/C15H27N3O/c1-5-18-13(16)12(10-15(2,3)19-4)17-14(18)11-8-6-7-9-11/h11H,5-10,16H2,1-4H3. The van der Waals surface area contributed by atoms with Crippen molar-refractivity contribution in [2.75, 3.05) is 12.8 Å². The molecule has 1 aliphatic carbocycles. The number of hydrogen-bond donors (Lipinski definition) is 1. The fourth-order valence-electron chi connectivity index (χ4n) is 2.97. The Bertz CT molecular complexity index is 431. The van der Waals surface area contributed by atoms with Crippen molar-refractivity contribution in [2.45, 2.75) is 70.9 Å². The highest BCUT2D eigenvalue weighted by Gasteiger charge is 2.27. The quantitative estimate of drug-likeness (QED) is 0.890. The van der Waals surface area contributed by atoms with Gasteiger partial charge in [0.1, 0.15) is 11.6 Å². The molecule has 0 saturated heterocycles. The van der Waals surface area contributed by atoms with E-state index in [1.807, 2.05) is 0 Å². The van der Waals surface area contributed by atoms with Gasteiger partial charge < -0.3 is 15.0 Å². The van der Waals surface area contributed by atoms with Crippen LogP contribution in [0, 0.1) is 0 Å². The van der Waals surface area contributed by atoms with Gasteiger partial charge in [0.2, 0.25) is 0 Å². The Morgan fingerprint density at radius 3 is 2.53 bits per heavy atom. The minimum Gasteiger partial charge on any atom is -0.384 e. The molecule has 0 radical (unpaired) electrons. The van der Waals surface area contributed by atoms with Crippen LogP contribution in [0.15, 0.2) is 0 Å². The van der Waals surface area contributed by atoms with Crippen LogP contribution in [0.1, 0.15) is 63.9 Å². The number of aromatic nitrogens is 2. The van der Waals surface area contributed by atoms with Gasteiger partial charge in [-0.3, -0.25) is 0 Å². The van der Waals surface area contributed by atoms with Crippen molar-refractivity contribution in [2.24, 2.45) is 0 Å². The van der Waals surface area contributed by atoms with E-state index in [1.165, 1.54) is 31.5 Å². The molecule has 1 aromatic heterocycles. The monoisotopic (exact) mass is 265 g/mol. The van der Waals surface area contributed by atoms with Crippen LogP contribution in [0.25, 0.3) is 0 Å². The van der Waals surface area contributed by atoms with Gasteiger partial charge in [-0.15, -0.1) is 0 Å². The lowest BCUT2D eigenvalue weighted by atomic mass is 10.0. The van der Waals surface area contributed by atoms with E-state index >= 15 is 0 Å². The van der Waals surface area contributed by atoms with E-state index < -0.39 is 0 Å². The maximum atomic E-state index is 6.29. The number of nitrogens with two attached hydrogens (primary N) is 1. The molecule has 4 nitrogen and oxygen atoms in total. The summed E-state index contributed by atoms with van der Waals surface area (Å²) in [6.45, 7) is 7.19. The SMILES string of the molecule is CCn1c(C2CCCC2)nc(CC(C)(C)OC)c1N. The van der Waals surface area contributed by atoms with E-state index in [2.05, 4.69) is 25.3 Å². The average Bonchev–Trinajstić information content (AvgIpc) is 2.98. The van der Waals surface area contributed by atoms with Crippen molar-refractivity contribution in [3.8, 4) is 0 Å². The maximum absolute atomic E-state index is 6.29. The van der Waals surface area contributed by atoms with E-state index in [0.717, 1.165) is 24.5 Å². The minimum absolute atomic E-state index is 0.214. The largest absolute Gasteiger partial charge is 0.384 e. The first-order valence-corrected chi connectivity index (χ1v) is 7.38. The second kappa shape index (κ2) is 5.53. The molecular formula is C15H27N3O. The maximum Gasteiger partial charge on any atom is 0.126 e. The van der Waals surface area contributed by atoms with E-state index in [9.17, 15) is 0 Å². The summed E-state index contributed by atoms with van der Waals surface area (Å²) in [4.78, 5) is 4.85. The molecule has 1 fully saturated rings. The predicted octanol–water partition coefficient (Wildman–Crippen LogP) is 3.11. The van der Waals surface area contributed by atoms with Gasteiger partial charge in [0.15, 0.2) is 0 Å². The highest BCUT2D eigenvalue weighted by Crippen LogP contribution is 2.35. The number of imidazole rings is 1. The van der Waals surface area contributed by atoms with Crippen molar-refractivity contribution in [1.29, 1.82) is 0 Å². The van der Waals surface area contributed by atoms with Gasteiger partial charge in [0.05, 0.1) is 11.3 Å². The molecule has 0 unspecified atom stereocenters. The second-order valence-corrected chi connectivity index (χ2v) is 6.17. The molecule has 0 amide bonds. The van der Waals surface area contributed by atoms with Crippen molar-refractivity contribution in [3.05, 3.63) is 11.5 Å². The van der Waals surface area contributed by atoms with Gasteiger partial charge in [-0.2, -0.15) is 0 Å². The van der Waals surface area contributed by atoms with Crippen molar-refractivity contribution >= 4 is 5.82 Å². The molecule has 0 aliphatic heterocycles. The van der Waals surface area contributed by atoms with Crippen LogP contribution in [0.2, 0.25) is 0 Å². The zero-order valence-electron chi connectivity index (χ0n) is 12.7. The Morgan fingerprint density at radius 2 is 2.00 bits per heavy atom. The number of hydrogen-bond acceptors (Lipinski definition) is 3. The van der Waals surface area contributed by atoms with Gasteiger partial charge in [-0.1, -0.05) is 12.8 Å².